The van der Waals surface area contributed by atoms with E-state index >= 15 is 0 Å². The molecule has 144 valence electrons. The minimum atomic E-state index is -0.385. The molecule has 0 atom stereocenters. The van der Waals surface area contributed by atoms with E-state index in [1.807, 2.05) is 23.0 Å². The Morgan fingerprint density at radius 2 is 2.11 bits per heavy atom. The van der Waals surface area contributed by atoms with Crippen LogP contribution in [-0.2, 0) is 29.1 Å². The molecule has 0 radical (unpaired) electrons. The minimum Gasteiger partial charge on any atom is -0.464 e. The second kappa shape index (κ2) is 8.06. The second-order valence-corrected chi connectivity index (χ2v) is 6.89. The summed E-state index contributed by atoms with van der Waals surface area (Å²) in [4.78, 5) is 21.1. The highest BCUT2D eigenvalue weighted by Gasteiger charge is 2.22. The average molecular weight is 371 g/mol. The molecule has 0 unspecified atom stereocenters. The average Bonchev–Trinajstić information content (AvgIpc) is 3.01. The van der Waals surface area contributed by atoms with Crippen molar-refractivity contribution in [1.29, 1.82) is 0 Å². The molecule has 8 nitrogen and oxygen atoms in total. The molecule has 2 aliphatic heterocycles. The van der Waals surface area contributed by atoms with Crippen molar-refractivity contribution in [1.82, 2.24) is 19.7 Å². The number of carbonyl (C=O) groups is 1. The highest BCUT2D eigenvalue weighted by molar-refractivity contribution is 5.87. The summed E-state index contributed by atoms with van der Waals surface area (Å²) in [5.74, 6) is 0.665. The summed E-state index contributed by atoms with van der Waals surface area (Å²) >= 11 is 0. The van der Waals surface area contributed by atoms with Crippen molar-refractivity contribution < 1.29 is 14.3 Å². The Morgan fingerprint density at radius 1 is 1.26 bits per heavy atom. The van der Waals surface area contributed by atoms with E-state index in [1.54, 1.807) is 0 Å². The lowest BCUT2D eigenvalue weighted by Gasteiger charge is -2.30. The van der Waals surface area contributed by atoms with Crippen LogP contribution in [0.4, 0.5) is 5.82 Å². The van der Waals surface area contributed by atoms with Crippen molar-refractivity contribution in [2.24, 2.45) is 0 Å². The molecule has 8 heteroatoms. The zero-order valence-electron chi connectivity index (χ0n) is 15.6. The maximum atomic E-state index is 11.8. The first kappa shape index (κ1) is 17.9. The first-order valence-corrected chi connectivity index (χ1v) is 9.38. The molecule has 0 amide bonds. The van der Waals surface area contributed by atoms with Crippen molar-refractivity contribution in [3.63, 3.8) is 0 Å². The molecule has 2 aromatic rings. The molecule has 4 heterocycles. The summed E-state index contributed by atoms with van der Waals surface area (Å²) < 4.78 is 12.2. The molecule has 0 bridgehead atoms. The lowest BCUT2D eigenvalue weighted by atomic mass is 10.2. The number of aromatic nitrogens is 3. The van der Waals surface area contributed by atoms with E-state index in [-0.39, 0.29) is 5.97 Å². The number of anilines is 1. The number of ether oxygens (including phenoxy) is 2. The van der Waals surface area contributed by atoms with Gasteiger partial charge in [-0.1, -0.05) is 6.07 Å². The molecule has 0 saturated carbocycles. The number of hydrogen-bond acceptors (Lipinski definition) is 7. The summed E-state index contributed by atoms with van der Waals surface area (Å²) in [6.07, 6.45) is 2.84. The van der Waals surface area contributed by atoms with Crippen LogP contribution in [0.1, 0.15) is 28.2 Å². The number of nitrogens with zero attached hydrogens (tertiary/aromatic N) is 5. The van der Waals surface area contributed by atoms with Crippen LogP contribution in [0.15, 0.2) is 24.4 Å². The molecule has 1 fully saturated rings. The van der Waals surface area contributed by atoms with Gasteiger partial charge in [-0.05, 0) is 18.6 Å². The van der Waals surface area contributed by atoms with Gasteiger partial charge in [-0.15, -0.1) is 0 Å². The van der Waals surface area contributed by atoms with Gasteiger partial charge in [0, 0.05) is 51.0 Å². The number of esters is 1. The minimum absolute atomic E-state index is 0.379. The van der Waals surface area contributed by atoms with Crippen LogP contribution in [-0.4, -0.2) is 65.6 Å². The highest BCUT2D eigenvalue weighted by Crippen LogP contribution is 2.22. The van der Waals surface area contributed by atoms with Crippen LogP contribution in [0.25, 0.3) is 0 Å². The fraction of sp³-hybridized carbons (Fsp3) is 0.526. The SMILES string of the molecule is COC(=O)c1cc2n(n1)CCCN(Cc1cccnc1N1CCOCC1)C2. The third-order valence-corrected chi connectivity index (χ3v) is 5.06. The maximum Gasteiger partial charge on any atom is 0.358 e. The molecule has 0 spiro atoms. The first-order chi connectivity index (χ1) is 13.2. The maximum absolute atomic E-state index is 11.8. The first-order valence-electron chi connectivity index (χ1n) is 9.38. The van der Waals surface area contributed by atoms with Gasteiger partial charge in [0.05, 0.1) is 26.0 Å². The van der Waals surface area contributed by atoms with E-state index in [1.165, 1.54) is 12.7 Å². The van der Waals surface area contributed by atoms with Crippen LogP contribution >= 0.6 is 0 Å². The Bertz CT molecular complexity index is 800. The topological polar surface area (TPSA) is 72.7 Å². The smallest absolute Gasteiger partial charge is 0.358 e. The van der Waals surface area contributed by atoms with Gasteiger partial charge in [0.2, 0.25) is 0 Å². The van der Waals surface area contributed by atoms with Crippen LogP contribution in [0.3, 0.4) is 0 Å². The van der Waals surface area contributed by atoms with Crippen LogP contribution < -0.4 is 4.90 Å². The zero-order chi connectivity index (χ0) is 18.6. The number of pyridine rings is 1. The predicted octanol–water partition coefficient (Wildman–Crippen LogP) is 1.31. The summed E-state index contributed by atoms with van der Waals surface area (Å²) in [5, 5.41) is 4.40. The largest absolute Gasteiger partial charge is 0.464 e. The fourth-order valence-electron chi connectivity index (χ4n) is 3.72. The van der Waals surface area contributed by atoms with Crippen molar-refractivity contribution in [3.05, 3.63) is 41.3 Å². The van der Waals surface area contributed by atoms with Crippen molar-refractivity contribution in [2.75, 3.05) is 44.9 Å². The number of aryl methyl sites for hydroxylation is 1. The summed E-state index contributed by atoms with van der Waals surface area (Å²) in [6, 6.07) is 5.99. The second-order valence-electron chi connectivity index (χ2n) is 6.89. The lowest BCUT2D eigenvalue weighted by molar-refractivity contribution is 0.0593. The van der Waals surface area contributed by atoms with E-state index in [0.717, 1.165) is 70.4 Å². The lowest BCUT2D eigenvalue weighted by Crippen LogP contribution is -2.37. The van der Waals surface area contributed by atoms with Gasteiger partial charge in [-0.3, -0.25) is 9.58 Å². The Labute approximate surface area is 158 Å². The molecular weight excluding hydrogens is 346 g/mol. The van der Waals surface area contributed by atoms with Gasteiger partial charge >= 0.3 is 5.97 Å². The van der Waals surface area contributed by atoms with Crippen LogP contribution in [0, 0.1) is 0 Å². The fourth-order valence-corrected chi connectivity index (χ4v) is 3.72. The molecule has 4 rings (SSSR count). The van der Waals surface area contributed by atoms with Gasteiger partial charge in [0.1, 0.15) is 5.82 Å². The Kier molecular flexibility index (Phi) is 5.35. The van der Waals surface area contributed by atoms with Crippen molar-refractivity contribution in [3.8, 4) is 0 Å². The van der Waals surface area contributed by atoms with E-state index in [2.05, 4.69) is 25.9 Å². The quantitative estimate of drug-likeness (QED) is 0.750. The molecule has 0 N–H and O–H groups in total. The monoisotopic (exact) mass is 371 g/mol. The Morgan fingerprint density at radius 3 is 2.93 bits per heavy atom. The number of rotatable bonds is 4. The number of carbonyl (C=O) groups excluding carboxylic acids is 1. The molecule has 27 heavy (non-hydrogen) atoms. The van der Waals surface area contributed by atoms with Gasteiger partial charge in [0.15, 0.2) is 5.69 Å². The molecule has 2 aromatic heterocycles. The number of fused-ring (bicyclic) bond motifs is 1. The number of morpholine rings is 1. The van der Waals surface area contributed by atoms with E-state index in [9.17, 15) is 4.79 Å². The van der Waals surface area contributed by atoms with Gasteiger partial charge < -0.3 is 14.4 Å². The summed E-state index contributed by atoms with van der Waals surface area (Å²) in [5.41, 5.74) is 2.65. The van der Waals surface area contributed by atoms with E-state index in [4.69, 9.17) is 9.47 Å². The number of hydrogen-bond donors (Lipinski definition) is 0. The summed E-state index contributed by atoms with van der Waals surface area (Å²) in [7, 11) is 1.38. The van der Waals surface area contributed by atoms with E-state index < -0.39 is 0 Å². The Balaban J connectivity index is 1.51. The van der Waals surface area contributed by atoms with Crippen LogP contribution in [0.5, 0.6) is 0 Å². The predicted molar refractivity (Wildman–Crippen MR) is 99.6 cm³/mol. The number of methoxy groups -OCH3 is 1. The van der Waals surface area contributed by atoms with Gasteiger partial charge in [-0.25, -0.2) is 9.78 Å². The molecule has 0 aliphatic carbocycles. The Hall–Kier alpha value is -2.45. The standard InChI is InChI=1S/C19H25N5O3/c1-26-19(25)17-12-16-14-22(6-3-7-24(16)21-17)13-15-4-2-5-20-18(15)23-8-10-27-11-9-23/h2,4-5,12H,3,6-11,13-14H2,1H3. The molecular formula is C19H25N5O3. The summed E-state index contributed by atoms with van der Waals surface area (Å²) in [6.45, 7) is 6.60. The van der Waals surface area contributed by atoms with E-state index in [0.29, 0.717) is 5.69 Å². The zero-order valence-corrected chi connectivity index (χ0v) is 15.6. The molecule has 1 saturated heterocycles. The van der Waals surface area contributed by atoms with Gasteiger partial charge in [-0.2, -0.15) is 5.10 Å². The molecule has 2 aliphatic rings. The van der Waals surface area contributed by atoms with Crippen LogP contribution in [0.2, 0.25) is 0 Å². The normalized spacial score (nSPS) is 18.0. The third kappa shape index (κ3) is 3.96. The highest BCUT2D eigenvalue weighted by atomic mass is 16.5. The third-order valence-electron chi connectivity index (χ3n) is 5.06. The van der Waals surface area contributed by atoms with Gasteiger partial charge in [0.25, 0.3) is 0 Å². The molecule has 0 aromatic carbocycles. The van der Waals surface area contributed by atoms with Crippen molar-refractivity contribution in [2.45, 2.75) is 26.1 Å². The van der Waals surface area contributed by atoms with Crippen molar-refractivity contribution >= 4 is 11.8 Å².